The Balaban J connectivity index is 1.51. The third-order valence-corrected chi connectivity index (χ3v) is 6.46. The van der Waals surface area contributed by atoms with Gasteiger partial charge in [-0.3, -0.25) is 14.4 Å². The second-order valence-electron chi connectivity index (χ2n) is 7.41. The summed E-state index contributed by atoms with van der Waals surface area (Å²) in [6.45, 7) is 1.84. The van der Waals surface area contributed by atoms with Crippen molar-refractivity contribution in [2.75, 3.05) is 10.6 Å². The van der Waals surface area contributed by atoms with Crippen LogP contribution in [0.25, 0.3) is 0 Å². The third kappa shape index (κ3) is 4.29. The number of rotatable bonds is 4. The topological polar surface area (TPSA) is 87.3 Å². The number of benzene rings is 2. The van der Waals surface area contributed by atoms with Gasteiger partial charge in [-0.15, -0.1) is 11.8 Å². The molecule has 2 aromatic carbocycles. The number of nitrogens with one attached hydrogen (secondary N) is 3. The first-order valence-electron chi connectivity index (χ1n) is 9.84. The van der Waals surface area contributed by atoms with Crippen LogP contribution >= 0.6 is 11.8 Å². The molecular formula is C22H23N3O3S. The van der Waals surface area contributed by atoms with Crippen molar-refractivity contribution < 1.29 is 14.4 Å². The minimum absolute atomic E-state index is 0.0750. The molecule has 1 aliphatic carbocycles. The van der Waals surface area contributed by atoms with E-state index in [4.69, 9.17) is 0 Å². The maximum atomic E-state index is 12.8. The molecule has 7 heteroatoms. The zero-order valence-electron chi connectivity index (χ0n) is 16.2. The average molecular weight is 410 g/mol. The number of carbonyl (C=O) groups excluding carboxylic acids is 3. The summed E-state index contributed by atoms with van der Waals surface area (Å²) in [6, 6.07) is 12.4. The molecule has 0 aromatic heterocycles. The zero-order chi connectivity index (χ0) is 20.4. The highest BCUT2D eigenvalue weighted by Gasteiger charge is 2.24. The Bertz CT molecular complexity index is 970. The minimum atomic E-state index is -0.327. The first kappa shape index (κ1) is 19.5. The van der Waals surface area contributed by atoms with Gasteiger partial charge in [-0.2, -0.15) is 0 Å². The van der Waals surface area contributed by atoms with Gasteiger partial charge in [0.15, 0.2) is 0 Å². The van der Waals surface area contributed by atoms with E-state index in [0.29, 0.717) is 22.5 Å². The molecule has 0 unspecified atom stereocenters. The molecule has 1 atom stereocenters. The molecular weight excluding hydrogens is 386 g/mol. The predicted octanol–water partition coefficient (Wildman–Crippen LogP) is 4.04. The van der Waals surface area contributed by atoms with Crippen LogP contribution in [0.3, 0.4) is 0 Å². The standard InChI is InChI=1S/C22H23N3O3S/c1-13-20(26)25-18-12-14(10-11-19(18)29-13)21(27)24-17-9-5-4-8-16(17)22(28)23-15-6-2-3-7-15/h4-5,8-13,15H,2-3,6-7H2,1H3,(H,23,28)(H,24,27)(H,25,26)/t13-/m0/s1. The molecule has 0 spiro atoms. The smallest absolute Gasteiger partial charge is 0.255 e. The van der Waals surface area contributed by atoms with Crippen molar-refractivity contribution in [1.82, 2.24) is 5.32 Å². The lowest BCUT2D eigenvalue weighted by Crippen LogP contribution is -2.33. The zero-order valence-corrected chi connectivity index (χ0v) is 17.0. The molecule has 1 heterocycles. The number of para-hydroxylation sites is 1. The largest absolute Gasteiger partial charge is 0.349 e. The first-order chi connectivity index (χ1) is 14.0. The van der Waals surface area contributed by atoms with Crippen LogP contribution < -0.4 is 16.0 Å². The minimum Gasteiger partial charge on any atom is -0.349 e. The fraction of sp³-hybridized carbons (Fsp3) is 0.318. The lowest BCUT2D eigenvalue weighted by Gasteiger charge is -2.21. The van der Waals surface area contributed by atoms with Crippen LogP contribution in [-0.2, 0) is 4.79 Å². The summed E-state index contributed by atoms with van der Waals surface area (Å²) in [5.74, 6) is -0.573. The lowest BCUT2D eigenvalue weighted by molar-refractivity contribution is -0.115. The van der Waals surface area contributed by atoms with Gasteiger partial charge in [0, 0.05) is 16.5 Å². The van der Waals surface area contributed by atoms with Gasteiger partial charge in [0.05, 0.1) is 22.2 Å². The van der Waals surface area contributed by atoms with Gasteiger partial charge in [-0.05, 0) is 50.1 Å². The highest BCUT2D eigenvalue weighted by molar-refractivity contribution is 8.00. The molecule has 6 nitrogen and oxygen atoms in total. The quantitative estimate of drug-likeness (QED) is 0.711. The lowest BCUT2D eigenvalue weighted by atomic mass is 10.1. The molecule has 150 valence electrons. The van der Waals surface area contributed by atoms with E-state index >= 15 is 0 Å². The van der Waals surface area contributed by atoms with Gasteiger partial charge in [0.1, 0.15) is 0 Å². The van der Waals surface area contributed by atoms with Crippen molar-refractivity contribution in [1.29, 1.82) is 0 Å². The summed E-state index contributed by atoms with van der Waals surface area (Å²) in [5, 5.41) is 8.57. The van der Waals surface area contributed by atoms with Crippen LogP contribution in [0.5, 0.6) is 0 Å². The first-order valence-corrected chi connectivity index (χ1v) is 10.7. The molecule has 3 N–H and O–H groups in total. The average Bonchev–Trinajstić information content (AvgIpc) is 3.22. The Morgan fingerprint density at radius 3 is 2.62 bits per heavy atom. The number of thioether (sulfide) groups is 1. The molecule has 4 rings (SSSR count). The van der Waals surface area contributed by atoms with E-state index in [0.717, 1.165) is 30.6 Å². The monoisotopic (exact) mass is 409 g/mol. The van der Waals surface area contributed by atoms with Crippen molar-refractivity contribution >= 4 is 40.9 Å². The van der Waals surface area contributed by atoms with Crippen molar-refractivity contribution in [3.05, 3.63) is 53.6 Å². The van der Waals surface area contributed by atoms with E-state index in [9.17, 15) is 14.4 Å². The summed E-state index contributed by atoms with van der Waals surface area (Å²) in [4.78, 5) is 38.3. The van der Waals surface area contributed by atoms with Gasteiger partial charge < -0.3 is 16.0 Å². The van der Waals surface area contributed by atoms with E-state index in [1.165, 1.54) is 11.8 Å². The van der Waals surface area contributed by atoms with Gasteiger partial charge >= 0.3 is 0 Å². The highest BCUT2D eigenvalue weighted by Crippen LogP contribution is 2.36. The van der Waals surface area contributed by atoms with E-state index in [2.05, 4.69) is 16.0 Å². The van der Waals surface area contributed by atoms with Crippen LogP contribution in [0, 0.1) is 0 Å². The highest BCUT2D eigenvalue weighted by atomic mass is 32.2. The number of amides is 3. The molecule has 0 saturated heterocycles. The number of fused-ring (bicyclic) bond motifs is 1. The Morgan fingerprint density at radius 2 is 1.83 bits per heavy atom. The number of anilines is 2. The molecule has 2 aliphatic rings. The van der Waals surface area contributed by atoms with Gasteiger partial charge in [0.2, 0.25) is 5.91 Å². The predicted molar refractivity (Wildman–Crippen MR) is 115 cm³/mol. The van der Waals surface area contributed by atoms with Crippen molar-refractivity contribution in [3.63, 3.8) is 0 Å². The number of hydrogen-bond donors (Lipinski definition) is 3. The fourth-order valence-corrected chi connectivity index (χ4v) is 4.60. The van der Waals surface area contributed by atoms with E-state index in [1.807, 2.05) is 13.0 Å². The molecule has 1 fully saturated rings. The summed E-state index contributed by atoms with van der Waals surface area (Å²) in [5.41, 5.74) is 1.98. The molecule has 0 radical (unpaired) electrons. The van der Waals surface area contributed by atoms with Gasteiger partial charge in [-0.25, -0.2) is 0 Å². The van der Waals surface area contributed by atoms with Crippen molar-refractivity contribution in [2.24, 2.45) is 0 Å². The summed E-state index contributed by atoms with van der Waals surface area (Å²) < 4.78 is 0. The van der Waals surface area contributed by atoms with Gasteiger partial charge in [-0.1, -0.05) is 25.0 Å². The van der Waals surface area contributed by atoms with Crippen molar-refractivity contribution in [3.8, 4) is 0 Å². The summed E-state index contributed by atoms with van der Waals surface area (Å²) in [6.07, 6.45) is 4.26. The molecule has 3 amide bonds. The van der Waals surface area contributed by atoms with Crippen LogP contribution in [0.4, 0.5) is 11.4 Å². The summed E-state index contributed by atoms with van der Waals surface area (Å²) in [7, 11) is 0. The maximum Gasteiger partial charge on any atom is 0.255 e. The Labute approximate surface area is 173 Å². The summed E-state index contributed by atoms with van der Waals surface area (Å²) >= 11 is 1.47. The van der Waals surface area contributed by atoms with Crippen molar-refractivity contribution in [2.45, 2.75) is 48.8 Å². The molecule has 2 aromatic rings. The van der Waals surface area contributed by atoms with Gasteiger partial charge in [0.25, 0.3) is 11.8 Å². The van der Waals surface area contributed by atoms with Crippen LogP contribution in [0.2, 0.25) is 0 Å². The SMILES string of the molecule is C[C@@H]1Sc2ccc(C(=O)Nc3ccccc3C(=O)NC3CCCC3)cc2NC1=O. The van der Waals surface area contributed by atoms with E-state index < -0.39 is 0 Å². The third-order valence-electron chi connectivity index (χ3n) is 5.28. The molecule has 1 aliphatic heterocycles. The van der Waals surface area contributed by atoms with Crippen LogP contribution in [0.1, 0.15) is 53.3 Å². The molecule has 29 heavy (non-hydrogen) atoms. The Kier molecular flexibility index (Phi) is 5.58. The maximum absolute atomic E-state index is 12.8. The second-order valence-corrected chi connectivity index (χ2v) is 8.80. The second kappa shape index (κ2) is 8.29. The van der Waals surface area contributed by atoms with Crippen LogP contribution in [-0.4, -0.2) is 29.0 Å². The molecule has 1 saturated carbocycles. The number of carbonyl (C=O) groups is 3. The van der Waals surface area contributed by atoms with E-state index in [-0.39, 0.29) is 29.0 Å². The fourth-order valence-electron chi connectivity index (χ4n) is 3.67. The Hall–Kier alpha value is -2.80. The Morgan fingerprint density at radius 1 is 1.07 bits per heavy atom. The number of hydrogen-bond acceptors (Lipinski definition) is 4. The molecule has 0 bridgehead atoms. The van der Waals surface area contributed by atoms with E-state index in [1.54, 1.807) is 36.4 Å². The van der Waals surface area contributed by atoms with Crippen LogP contribution in [0.15, 0.2) is 47.4 Å². The normalized spacial score (nSPS) is 18.7.